The van der Waals surface area contributed by atoms with E-state index in [0.717, 1.165) is 42.1 Å². The molecular weight excluding hydrogens is 346 g/mol. The molecule has 3 rings (SSSR count). The van der Waals surface area contributed by atoms with Gasteiger partial charge in [0, 0.05) is 23.5 Å². The second-order valence-corrected chi connectivity index (χ2v) is 6.98. The summed E-state index contributed by atoms with van der Waals surface area (Å²) in [5, 5.41) is 1.01. The molecule has 0 radical (unpaired) electrons. The van der Waals surface area contributed by atoms with Crippen molar-refractivity contribution in [2.75, 3.05) is 7.11 Å². The molecule has 0 spiro atoms. The lowest BCUT2D eigenvalue weighted by Gasteiger charge is -2.28. The minimum Gasteiger partial charge on any atom is -0.465 e. The van der Waals surface area contributed by atoms with Crippen LogP contribution in [0.1, 0.15) is 61.0 Å². The van der Waals surface area contributed by atoms with Crippen molar-refractivity contribution in [1.82, 2.24) is 4.98 Å². The van der Waals surface area contributed by atoms with Gasteiger partial charge in [0.15, 0.2) is 0 Å². The zero-order valence-electron chi connectivity index (χ0n) is 16.8. The van der Waals surface area contributed by atoms with Crippen LogP contribution in [0, 0.1) is 11.8 Å². The Bertz CT molecular complexity index is 1010. The highest BCUT2D eigenvalue weighted by atomic mass is 16.5. The summed E-state index contributed by atoms with van der Waals surface area (Å²) >= 11 is 0. The van der Waals surface area contributed by atoms with Crippen molar-refractivity contribution in [1.29, 1.82) is 0 Å². The predicted octanol–water partition coefficient (Wildman–Crippen LogP) is 5.84. The van der Waals surface area contributed by atoms with E-state index >= 15 is 0 Å². The number of H-pyrrole nitrogens is 1. The van der Waals surface area contributed by atoms with Crippen LogP contribution in [0.15, 0.2) is 54.7 Å². The van der Waals surface area contributed by atoms with Gasteiger partial charge in [-0.25, -0.2) is 4.79 Å². The van der Waals surface area contributed by atoms with E-state index in [-0.39, 0.29) is 5.97 Å². The number of ether oxygens (including phenoxy) is 1. The van der Waals surface area contributed by atoms with Crippen molar-refractivity contribution < 1.29 is 9.53 Å². The topological polar surface area (TPSA) is 42.1 Å². The van der Waals surface area contributed by atoms with Crippen molar-refractivity contribution in [3.63, 3.8) is 0 Å². The van der Waals surface area contributed by atoms with Crippen LogP contribution in [0.25, 0.3) is 10.9 Å². The molecule has 3 heteroatoms. The van der Waals surface area contributed by atoms with Gasteiger partial charge in [-0.2, -0.15) is 0 Å². The number of aromatic amines is 1. The molecule has 144 valence electrons. The molecule has 28 heavy (non-hydrogen) atoms. The highest BCUT2D eigenvalue weighted by molar-refractivity contribution is 5.96. The summed E-state index contributed by atoms with van der Waals surface area (Å²) in [5.41, 5.74) is 3.39. The molecule has 1 unspecified atom stereocenters. The Morgan fingerprint density at radius 1 is 1.14 bits per heavy atom. The lowest BCUT2D eigenvalue weighted by Crippen LogP contribution is -2.24. The molecule has 0 saturated heterocycles. The van der Waals surface area contributed by atoms with E-state index in [4.69, 9.17) is 4.74 Å². The van der Waals surface area contributed by atoms with E-state index in [2.05, 4.69) is 54.9 Å². The van der Waals surface area contributed by atoms with Gasteiger partial charge >= 0.3 is 5.97 Å². The maximum Gasteiger partial charge on any atom is 0.337 e. The first-order valence-electron chi connectivity index (χ1n) is 9.91. The Morgan fingerprint density at radius 2 is 1.93 bits per heavy atom. The van der Waals surface area contributed by atoms with Gasteiger partial charge in [0.2, 0.25) is 0 Å². The molecule has 1 N–H and O–H groups in total. The third-order valence-electron chi connectivity index (χ3n) is 5.32. The number of rotatable bonds is 6. The number of carbonyl (C=O) groups is 1. The van der Waals surface area contributed by atoms with Gasteiger partial charge in [-0.1, -0.05) is 56.5 Å². The summed E-state index contributed by atoms with van der Waals surface area (Å²) in [7, 11) is 1.41. The SMILES string of the molecule is CCCCC#CC(CC)(c1ccccc1)c1c[nH]c2ccc(C(=O)OC)cc12. The number of nitrogens with one attached hydrogen (secondary N) is 1. The van der Waals surface area contributed by atoms with E-state index in [1.165, 1.54) is 12.7 Å². The number of fused-ring (bicyclic) bond motifs is 1. The van der Waals surface area contributed by atoms with Gasteiger partial charge in [0.1, 0.15) is 0 Å². The Balaban J connectivity index is 2.22. The predicted molar refractivity (Wildman–Crippen MR) is 114 cm³/mol. The first-order chi connectivity index (χ1) is 13.7. The fraction of sp³-hybridized carbons (Fsp3) is 0.320. The number of esters is 1. The fourth-order valence-electron chi connectivity index (χ4n) is 3.70. The normalized spacial score (nSPS) is 12.8. The summed E-state index contributed by atoms with van der Waals surface area (Å²) in [6.07, 6.45) is 6.00. The second-order valence-electron chi connectivity index (χ2n) is 6.98. The van der Waals surface area contributed by atoms with Gasteiger partial charge in [-0.05, 0) is 42.2 Å². The molecule has 0 aliphatic rings. The van der Waals surface area contributed by atoms with Crippen LogP contribution in [0.2, 0.25) is 0 Å². The van der Waals surface area contributed by atoms with E-state index in [1.54, 1.807) is 6.07 Å². The van der Waals surface area contributed by atoms with Crippen LogP contribution in [0.3, 0.4) is 0 Å². The van der Waals surface area contributed by atoms with Crippen molar-refractivity contribution in [3.05, 3.63) is 71.4 Å². The van der Waals surface area contributed by atoms with Crippen LogP contribution in [-0.4, -0.2) is 18.1 Å². The summed E-state index contributed by atoms with van der Waals surface area (Å²) < 4.78 is 4.91. The van der Waals surface area contributed by atoms with Crippen molar-refractivity contribution in [2.45, 2.75) is 44.9 Å². The Kier molecular flexibility index (Phi) is 6.21. The van der Waals surface area contributed by atoms with Gasteiger partial charge in [0.05, 0.1) is 18.1 Å². The molecule has 0 aliphatic carbocycles. The zero-order chi connectivity index (χ0) is 20.0. The molecule has 1 aromatic heterocycles. The lowest BCUT2D eigenvalue weighted by molar-refractivity contribution is 0.0601. The summed E-state index contributed by atoms with van der Waals surface area (Å²) in [6, 6.07) is 16.1. The molecule has 0 aliphatic heterocycles. The maximum atomic E-state index is 12.1. The lowest BCUT2D eigenvalue weighted by atomic mass is 9.72. The number of benzene rings is 2. The van der Waals surface area contributed by atoms with E-state index in [0.29, 0.717) is 5.56 Å². The minimum absolute atomic E-state index is 0.329. The summed E-state index contributed by atoms with van der Waals surface area (Å²) in [6.45, 7) is 4.35. The molecule has 0 bridgehead atoms. The summed E-state index contributed by atoms with van der Waals surface area (Å²) in [4.78, 5) is 15.4. The average molecular weight is 373 g/mol. The number of methoxy groups -OCH3 is 1. The molecule has 0 saturated carbocycles. The number of hydrogen-bond acceptors (Lipinski definition) is 2. The van der Waals surface area contributed by atoms with Crippen LogP contribution < -0.4 is 0 Å². The van der Waals surface area contributed by atoms with Gasteiger partial charge in [-0.3, -0.25) is 0 Å². The van der Waals surface area contributed by atoms with E-state index < -0.39 is 5.41 Å². The molecule has 1 atom stereocenters. The maximum absolute atomic E-state index is 12.1. The van der Waals surface area contributed by atoms with Crippen LogP contribution >= 0.6 is 0 Å². The van der Waals surface area contributed by atoms with Crippen LogP contribution in [0.4, 0.5) is 0 Å². The number of unbranched alkanes of at least 4 members (excludes halogenated alkanes) is 2. The van der Waals surface area contributed by atoms with Gasteiger partial charge in [0.25, 0.3) is 0 Å². The minimum atomic E-state index is -0.429. The smallest absolute Gasteiger partial charge is 0.337 e. The Hall–Kier alpha value is -2.99. The van der Waals surface area contributed by atoms with Gasteiger partial charge in [-0.15, -0.1) is 5.92 Å². The second kappa shape index (κ2) is 8.80. The quantitative estimate of drug-likeness (QED) is 0.335. The van der Waals surface area contributed by atoms with Crippen LogP contribution in [0.5, 0.6) is 0 Å². The molecule has 2 aromatic carbocycles. The number of carbonyl (C=O) groups excluding carboxylic acids is 1. The Labute approximate surface area is 167 Å². The summed E-state index contributed by atoms with van der Waals surface area (Å²) in [5.74, 6) is 6.70. The average Bonchev–Trinajstić information content (AvgIpc) is 3.18. The number of aromatic nitrogens is 1. The molecule has 3 aromatic rings. The molecular formula is C25H27NO2. The van der Waals surface area contributed by atoms with Crippen molar-refractivity contribution in [2.24, 2.45) is 0 Å². The first-order valence-corrected chi connectivity index (χ1v) is 9.91. The fourth-order valence-corrected chi connectivity index (χ4v) is 3.70. The van der Waals surface area contributed by atoms with Crippen molar-refractivity contribution >= 4 is 16.9 Å². The highest BCUT2D eigenvalue weighted by Gasteiger charge is 2.33. The third kappa shape index (κ3) is 3.68. The highest BCUT2D eigenvalue weighted by Crippen LogP contribution is 2.39. The van der Waals surface area contributed by atoms with Gasteiger partial charge < -0.3 is 9.72 Å². The molecule has 1 heterocycles. The largest absolute Gasteiger partial charge is 0.465 e. The molecule has 0 amide bonds. The van der Waals surface area contributed by atoms with E-state index in [9.17, 15) is 4.79 Å². The van der Waals surface area contributed by atoms with Crippen molar-refractivity contribution in [3.8, 4) is 11.8 Å². The Morgan fingerprint density at radius 3 is 2.61 bits per heavy atom. The zero-order valence-corrected chi connectivity index (χ0v) is 16.8. The van der Waals surface area contributed by atoms with Crippen LogP contribution in [-0.2, 0) is 10.2 Å². The standard InChI is InChI=1S/C25H27NO2/c1-4-6-7-11-16-25(5-2,20-12-9-8-10-13-20)22-18-26-23-15-14-19(17-21(22)23)24(27)28-3/h8-10,12-15,17-18,26H,4-7H2,1-3H3. The van der Waals surface area contributed by atoms with E-state index in [1.807, 2.05) is 24.4 Å². The third-order valence-corrected chi connectivity index (χ3v) is 5.32. The molecule has 0 fully saturated rings. The first kappa shape index (κ1) is 19.8. The molecule has 3 nitrogen and oxygen atoms in total. The number of hydrogen-bond donors (Lipinski definition) is 1. The monoisotopic (exact) mass is 373 g/mol.